The predicted molar refractivity (Wildman–Crippen MR) is 81.0 cm³/mol. The molecule has 1 unspecified atom stereocenters. The van der Waals surface area contributed by atoms with E-state index in [1.54, 1.807) is 0 Å². The SMILES string of the molecule is CC(C)(C)CS(=O)(=O)NC(CCl)Cc1ccccc1. The van der Waals surface area contributed by atoms with Gasteiger partial charge in [-0.3, -0.25) is 0 Å². The van der Waals surface area contributed by atoms with Crippen LogP contribution in [-0.4, -0.2) is 26.1 Å². The van der Waals surface area contributed by atoms with Crippen LogP contribution < -0.4 is 4.72 Å². The molecule has 19 heavy (non-hydrogen) atoms. The van der Waals surface area contributed by atoms with Crippen molar-refractivity contribution < 1.29 is 8.42 Å². The van der Waals surface area contributed by atoms with Gasteiger partial charge in [0.15, 0.2) is 0 Å². The van der Waals surface area contributed by atoms with Crippen molar-refractivity contribution in [3.05, 3.63) is 35.9 Å². The summed E-state index contributed by atoms with van der Waals surface area (Å²) >= 11 is 5.87. The summed E-state index contributed by atoms with van der Waals surface area (Å²) in [4.78, 5) is 0. The van der Waals surface area contributed by atoms with Crippen LogP contribution >= 0.6 is 11.6 Å². The van der Waals surface area contributed by atoms with Crippen molar-refractivity contribution in [2.75, 3.05) is 11.6 Å². The molecular weight excluding hydrogens is 282 g/mol. The number of hydrogen-bond donors (Lipinski definition) is 1. The van der Waals surface area contributed by atoms with Gasteiger partial charge in [0.05, 0.1) is 5.75 Å². The molecule has 0 fully saturated rings. The van der Waals surface area contributed by atoms with Crippen LogP contribution in [0.15, 0.2) is 30.3 Å². The van der Waals surface area contributed by atoms with E-state index in [0.717, 1.165) is 5.56 Å². The van der Waals surface area contributed by atoms with Gasteiger partial charge in [-0.2, -0.15) is 0 Å². The summed E-state index contributed by atoms with van der Waals surface area (Å²) in [5.74, 6) is 0.362. The second-order valence-corrected chi connectivity index (χ2v) is 8.04. The van der Waals surface area contributed by atoms with E-state index in [2.05, 4.69) is 4.72 Å². The van der Waals surface area contributed by atoms with Gasteiger partial charge in [0.1, 0.15) is 0 Å². The second-order valence-electron chi connectivity index (χ2n) is 5.98. The summed E-state index contributed by atoms with van der Waals surface area (Å²) in [5.41, 5.74) is 0.807. The lowest BCUT2D eigenvalue weighted by Crippen LogP contribution is -2.41. The smallest absolute Gasteiger partial charge is 0.212 e. The fourth-order valence-corrected chi connectivity index (χ4v) is 4.07. The van der Waals surface area contributed by atoms with Crippen molar-refractivity contribution in [1.82, 2.24) is 4.72 Å². The fourth-order valence-electron chi connectivity index (χ4n) is 1.89. The van der Waals surface area contributed by atoms with Crippen LogP contribution in [0.2, 0.25) is 0 Å². The van der Waals surface area contributed by atoms with Crippen LogP contribution in [0.25, 0.3) is 0 Å². The number of rotatable bonds is 6. The highest BCUT2D eigenvalue weighted by Crippen LogP contribution is 2.16. The van der Waals surface area contributed by atoms with E-state index in [9.17, 15) is 8.42 Å². The van der Waals surface area contributed by atoms with E-state index < -0.39 is 10.0 Å². The molecule has 1 atom stereocenters. The van der Waals surface area contributed by atoms with Gasteiger partial charge < -0.3 is 0 Å². The molecule has 0 saturated carbocycles. The number of hydrogen-bond acceptors (Lipinski definition) is 2. The monoisotopic (exact) mass is 303 g/mol. The molecule has 0 bridgehead atoms. The molecule has 0 aliphatic carbocycles. The Hall–Kier alpha value is -0.580. The molecule has 0 aromatic heterocycles. The summed E-state index contributed by atoms with van der Waals surface area (Å²) in [7, 11) is -3.31. The highest BCUT2D eigenvalue weighted by Gasteiger charge is 2.24. The first-order valence-electron chi connectivity index (χ1n) is 6.32. The molecule has 1 N–H and O–H groups in total. The first-order chi connectivity index (χ1) is 8.72. The number of alkyl halides is 1. The maximum atomic E-state index is 12.0. The van der Waals surface area contributed by atoms with Crippen LogP contribution in [0.4, 0.5) is 0 Å². The van der Waals surface area contributed by atoms with E-state index in [0.29, 0.717) is 6.42 Å². The molecule has 0 heterocycles. The van der Waals surface area contributed by atoms with E-state index >= 15 is 0 Å². The second kappa shape index (κ2) is 6.73. The summed E-state index contributed by atoms with van der Waals surface area (Å²) in [6, 6.07) is 9.48. The summed E-state index contributed by atoms with van der Waals surface area (Å²) in [5, 5.41) is 0. The Bertz CT molecular complexity index is 480. The van der Waals surface area contributed by atoms with Gasteiger partial charge in [-0.1, -0.05) is 51.1 Å². The van der Waals surface area contributed by atoms with Crippen molar-refractivity contribution in [1.29, 1.82) is 0 Å². The molecule has 3 nitrogen and oxygen atoms in total. The Morgan fingerprint density at radius 1 is 1.21 bits per heavy atom. The van der Waals surface area contributed by atoms with Crippen molar-refractivity contribution in [2.45, 2.75) is 33.2 Å². The van der Waals surface area contributed by atoms with E-state index in [-0.39, 0.29) is 23.1 Å². The third kappa shape index (κ3) is 6.95. The summed E-state index contributed by atoms with van der Waals surface area (Å²) in [6.07, 6.45) is 0.605. The van der Waals surface area contributed by atoms with Crippen LogP contribution in [0, 0.1) is 5.41 Å². The number of nitrogens with one attached hydrogen (secondary N) is 1. The minimum absolute atomic E-state index is 0.0994. The maximum Gasteiger partial charge on any atom is 0.212 e. The fraction of sp³-hybridized carbons (Fsp3) is 0.571. The Kier molecular flexibility index (Phi) is 5.83. The third-order valence-electron chi connectivity index (χ3n) is 2.48. The van der Waals surface area contributed by atoms with Gasteiger partial charge in [0.2, 0.25) is 10.0 Å². The standard InChI is InChI=1S/C14H22ClNO2S/c1-14(2,3)11-19(17,18)16-13(10-15)9-12-7-5-4-6-8-12/h4-8,13,16H,9-11H2,1-3H3. The van der Waals surface area contributed by atoms with Crippen molar-refractivity contribution in [3.8, 4) is 0 Å². The number of halogens is 1. The van der Waals surface area contributed by atoms with Gasteiger partial charge in [-0.15, -0.1) is 11.6 Å². The molecule has 0 radical (unpaired) electrons. The lowest BCUT2D eigenvalue weighted by molar-refractivity contribution is 0.455. The minimum Gasteiger partial charge on any atom is -0.212 e. The van der Waals surface area contributed by atoms with Gasteiger partial charge in [-0.25, -0.2) is 13.1 Å². The third-order valence-corrected chi connectivity index (χ3v) is 4.79. The quantitative estimate of drug-likeness (QED) is 0.821. The highest BCUT2D eigenvalue weighted by molar-refractivity contribution is 7.89. The average Bonchev–Trinajstić information content (AvgIpc) is 2.25. The normalized spacial score (nSPS) is 14.3. The van der Waals surface area contributed by atoms with Crippen LogP contribution in [0.1, 0.15) is 26.3 Å². The van der Waals surface area contributed by atoms with E-state index in [1.165, 1.54) is 0 Å². The molecule has 0 aliphatic heterocycles. The number of sulfonamides is 1. The Morgan fingerprint density at radius 2 is 1.79 bits per heavy atom. The van der Waals surface area contributed by atoms with Crippen LogP contribution in [0.3, 0.4) is 0 Å². The molecule has 0 amide bonds. The summed E-state index contributed by atoms with van der Waals surface area (Å²) < 4.78 is 26.8. The predicted octanol–water partition coefficient (Wildman–Crippen LogP) is 2.80. The molecule has 5 heteroatoms. The van der Waals surface area contributed by atoms with Gasteiger partial charge in [-0.05, 0) is 17.4 Å². The van der Waals surface area contributed by atoms with Gasteiger partial charge in [0.25, 0.3) is 0 Å². The Morgan fingerprint density at radius 3 is 2.26 bits per heavy atom. The molecule has 0 aliphatic rings. The molecule has 1 aromatic rings. The van der Waals surface area contributed by atoms with E-state index in [4.69, 9.17) is 11.6 Å². The molecule has 1 aromatic carbocycles. The minimum atomic E-state index is -3.31. The van der Waals surface area contributed by atoms with Crippen LogP contribution in [-0.2, 0) is 16.4 Å². The van der Waals surface area contributed by atoms with Crippen molar-refractivity contribution in [2.24, 2.45) is 5.41 Å². The zero-order valence-corrected chi connectivity index (χ0v) is 13.3. The molecule has 108 valence electrons. The van der Waals surface area contributed by atoms with E-state index in [1.807, 2.05) is 51.1 Å². The maximum absolute atomic E-state index is 12.0. The highest BCUT2D eigenvalue weighted by atomic mass is 35.5. The Labute approximate surface area is 121 Å². The topological polar surface area (TPSA) is 46.2 Å². The first kappa shape index (κ1) is 16.5. The first-order valence-corrected chi connectivity index (χ1v) is 8.50. The van der Waals surface area contributed by atoms with Crippen molar-refractivity contribution >= 4 is 21.6 Å². The lowest BCUT2D eigenvalue weighted by atomic mass is 10.0. The zero-order chi connectivity index (χ0) is 14.5. The van der Waals surface area contributed by atoms with Gasteiger partial charge in [0, 0.05) is 11.9 Å². The van der Waals surface area contributed by atoms with Gasteiger partial charge >= 0.3 is 0 Å². The molecule has 0 spiro atoms. The zero-order valence-electron chi connectivity index (χ0n) is 11.7. The van der Waals surface area contributed by atoms with Crippen molar-refractivity contribution in [3.63, 3.8) is 0 Å². The lowest BCUT2D eigenvalue weighted by Gasteiger charge is -2.22. The summed E-state index contributed by atoms with van der Waals surface area (Å²) in [6.45, 7) is 5.71. The average molecular weight is 304 g/mol. The molecular formula is C14H22ClNO2S. The number of benzene rings is 1. The van der Waals surface area contributed by atoms with Crippen LogP contribution in [0.5, 0.6) is 0 Å². The molecule has 0 saturated heterocycles. The Balaban J connectivity index is 2.67. The largest absolute Gasteiger partial charge is 0.212 e. The molecule has 1 rings (SSSR count).